The SMILES string of the molecule is CS(=O)(=O)c1ccc(C(=O)Nc2ccc(Cl)c(-c3ccn[nH]3)c2)c(-c2ccc(C(F)(F)F)cc2)c1. The zero-order chi connectivity index (χ0) is 25.4. The van der Waals surface area contributed by atoms with Gasteiger partial charge in [0.15, 0.2) is 9.84 Å². The predicted octanol–water partition coefficient (Wildman–Crippen LogP) is 6.07. The van der Waals surface area contributed by atoms with Crippen LogP contribution >= 0.6 is 11.6 Å². The van der Waals surface area contributed by atoms with E-state index in [1.165, 1.54) is 30.3 Å². The number of nitrogens with zero attached hydrogens (tertiary/aromatic N) is 1. The lowest BCUT2D eigenvalue weighted by Gasteiger charge is -2.14. The van der Waals surface area contributed by atoms with Gasteiger partial charge in [0.2, 0.25) is 0 Å². The molecule has 0 unspecified atom stereocenters. The fourth-order valence-corrected chi connectivity index (χ4v) is 4.31. The molecular weight excluding hydrogens is 503 g/mol. The first-order chi connectivity index (χ1) is 16.4. The molecule has 0 aliphatic rings. The molecule has 0 spiro atoms. The van der Waals surface area contributed by atoms with Crippen molar-refractivity contribution in [3.05, 3.63) is 89.1 Å². The number of hydrogen-bond donors (Lipinski definition) is 2. The van der Waals surface area contributed by atoms with Gasteiger partial charge in [-0.2, -0.15) is 18.3 Å². The average molecular weight is 520 g/mol. The number of rotatable bonds is 5. The Bertz CT molecular complexity index is 1500. The van der Waals surface area contributed by atoms with Crippen molar-refractivity contribution in [1.82, 2.24) is 10.2 Å². The zero-order valence-corrected chi connectivity index (χ0v) is 19.6. The maximum Gasteiger partial charge on any atom is 0.416 e. The van der Waals surface area contributed by atoms with E-state index >= 15 is 0 Å². The fourth-order valence-electron chi connectivity index (χ4n) is 3.44. The number of alkyl halides is 3. The van der Waals surface area contributed by atoms with E-state index in [1.807, 2.05) is 0 Å². The van der Waals surface area contributed by atoms with Gasteiger partial charge >= 0.3 is 6.18 Å². The first-order valence-corrected chi connectivity index (χ1v) is 12.3. The molecule has 3 aromatic carbocycles. The number of aromatic amines is 1. The normalized spacial score (nSPS) is 11.9. The Morgan fingerprint density at radius 2 is 1.69 bits per heavy atom. The second-order valence-electron chi connectivity index (χ2n) is 7.67. The zero-order valence-electron chi connectivity index (χ0n) is 18.0. The third-order valence-electron chi connectivity index (χ3n) is 5.20. The number of carbonyl (C=O) groups is 1. The minimum atomic E-state index is -4.53. The topological polar surface area (TPSA) is 91.9 Å². The standard InChI is InChI=1S/C24H17ClF3N3O3S/c1-35(33,34)17-7-8-18(19(13-17)14-2-4-15(5-3-14)24(26,27)28)23(32)30-16-6-9-21(25)20(12-16)22-10-11-29-31-22/h2-13H,1H3,(H,29,31)(H,30,32). The van der Waals surface area contributed by atoms with E-state index in [9.17, 15) is 26.4 Å². The monoisotopic (exact) mass is 519 g/mol. The largest absolute Gasteiger partial charge is 0.416 e. The first kappa shape index (κ1) is 24.5. The molecule has 35 heavy (non-hydrogen) atoms. The van der Waals surface area contributed by atoms with Gasteiger partial charge in [0, 0.05) is 29.3 Å². The number of halogens is 4. The van der Waals surface area contributed by atoms with Gasteiger partial charge in [-0.05, 0) is 65.7 Å². The van der Waals surface area contributed by atoms with Crippen molar-refractivity contribution in [1.29, 1.82) is 0 Å². The summed E-state index contributed by atoms with van der Waals surface area (Å²) < 4.78 is 63.2. The van der Waals surface area contributed by atoms with Crippen LogP contribution in [0.3, 0.4) is 0 Å². The fraction of sp³-hybridized carbons (Fsp3) is 0.0833. The number of carbonyl (C=O) groups excluding carboxylic acids is 1. The third kappa shape index (κ3) is 5.39. The Balaban J connectivity index is 1.74. The van der Waals surface area contributed by atoms with Crippen molar-refractivity contribution in [3.8, 4) is 22.4 Å². The van der Waals surface area contributed by atoms with E-state index in [2.05, 4.69) is 15.5 Å². The minimum absolute atomic E-state index is 0.0722. The number of sulfone groups is 1. The molecule has 0 atom stereocenters. The van der Waals surface area contributed by atoms with Crippen LogP contribution in [-0.2, 0) is 16.0 Å². The van der Waals surface area contributed by atoms with Gasteiger partial charge in [0.1, 0.15) is 0 Å². The Morgan fingerprint density at radius 3 is 2.29 bits per heavy atom. The second-order valence-corrected chi connectivity index (χ2v) is 10.1. The van der Waals surface area contributed by atoms with Crippen molar-refractivity contribution in [2.45, 2.75) is 11.1 Å². The van der Waals surface area contributed by atoms with Crippen molar-refractivity contribution >= 4 is 33.0 Å². The molecule has 1 heterocycles. The molecule has 0 saturated carbocycles. The van der Waals surface area contributed by atoms with E-state index in [-0.39, 0.29) is 21.6 Å². The van der Waals surface area contributed by atoms with E-state index in [0.29, 0.717) is 22.0 Å². The van der Waals surface area contributed by atoms with Crippen LogP contribution in [-0.4, -0.2) is 30.8 Å². The van der Waals surface area contributed by atoms with Crippen molar-refractivity contribution < 1.29 is 26.4 Å². The summed E-state index contributed by atoms with van der Waals surface area (Å²) in [6.07, 6.45) is -1.98. The number of anilines is 1. The molecule has 0 bridgehead atoms. The van der Waals surface area contributed by atoms with Crippen molar-refractivity contribution in [3.63, 3.8) is 0 Å². The van der Waals surface area contributed by atoms with E-state index in [1.54, 1.807) is 30.5 Å². The average Bonchev–Trinajstić information content (AvgIpc) is 3.33. The number of hydrogen-bond acceptors (Lipinski definition) is 4. The molecule has 0 aliphatic carbocycles. The predicted molar refractivity (Wildman–Crippen MR) is 127 cm³/mol. The summed E-state index contributed by atoms with van der Waals surface area (Å²) in [6.45, 7) is 0. The summed E-state index contributed by atoms with van der Waals surface area (Å²) >= 11 is 6.25. The van der Waals surface area contributed by atoms with E-state index < -0.39 is 27.5 Å². The van der Waals surface area contributed by atoms with Crippen LogP contribution in [0.1, 0.15) is 15.9 Å². The van der Waals surface area contributed by atoms with Gasteiger partial charge < -0.3 is 5.32 Å². The molecule has 1 aromatic heterocycles. The smallest absolute Gasteiger partial charge is 0.322 e. The highest BCUT2D eigenvalue weighted by molar-refractivity contribution is 7.90. The van der Waals surface area contributed by atoms with Crippen LogP contribution in [0.15, 0.2) is 77.8 Å². The van der Waals surface area contributed by atoms with Crippen LogP contribution in [0.5, 0.6) is 0 Å². The summed E-state index contributed by atoms with van der Waals surface area (Å²) in [6, 6.07) is 14.5. The molecule has 0 radical (unpaired) electrons. The van der Waals surface area contributed by atoms with Crippen LogP contribution < -0.4 is 5.32 Å². The third-order valence-corrected chi connectivity index (χ3v) is 6.64. The summed E-state index contributed by atoms with van der Waals surface area (Å²) in [5.74, 6) is -0.585. The number of amides is 1. The number of aromatic nitrogens is 2. The quantitative estimate of drug-likeness (QED) is 0.334. The maximum absolute atomic E-state index is 13.2. The van der Waals surface area contributed by atoms with Gasteiger partial charge in [-0.3, -0.25) is 9.89 Å². The molecule has 1 amide bonds. The van der Waals surface area contributed by atoms with Crippen LogP contribution in [0.2, 0.25) is 5.02 Å². The van der Waals surface area contributed by atoms with Gasteiger partial charge in [-0.1, -0.05) is 23.7 Å². The number of H-pyrrole nitrogens is 1. The van der Waals surface area contributed by atoms with Gasteiger partial charge in [0.25, 0.3) is 5.91 Å². The van der Waals surface area contributed by atoms with E-state index in [4.69, 9.17) is 11.6 Å². The first-order valence-electron chi connectivity index (χ1n) is 10.1. The Hall–Kier alpha value is -3.63. The molecule has 0 aliphatic heterocycles. The molecule has 11 heteroatoms. The van der Waals surface area contributed by atoms with Crippen LogP contribution in [0.25, 0.3) is 22.4 Å². The lowest BCUT2D eigenvalue weighted by molar-refractivity contribution is -0.137. The number of nitrogens with one attached hydrogen (secondary N) is 2. The van der Waals surface area contributed by atoms with Crippen LogP contribution in [0.4, 0.5) is 18.9 Å². The number of benzene rings is 3. The van der Waals surface area contributed by atoms with E-state index in [0.717, 1.165) is 18.4 Å². The summed E-state index contributed by atoms with van der Waals surface area (Å²) in [5, 5.41) is 9.83. The summed E-state index contributed by atoms with van der Waals surface area (Å²) in [7, 11) is -3.64. The lowest BCUT2D eigenvalue weighted by Crippen LogP contribution is -2.14. The lowest BCUT2D eigenvalue weighted by atomic mass is 9.98. The van der Waals surface area contributed by atoms with Crippen molar-refractivity contribution in [2.24, 2.45) is 0 Å². The Morgan fingerprint density at radius 1 is 0.971 bits per heavy atom. The molecule has 6 nitrogen and oxygen atoms in total. The molecule has 4 aromatic rings. The molecule has 0 saturated heterocycles. The van der Waals surface area contributed by atoms with Crippen molar-refractivity contribution in [2.75, 3.05) is 11.6 Å². The Kier molecular flexibility index (Phi) is 6.44. The summed E-state index contributed by atoms with van der Waals surface area (Å²) in [5.41, 5.74) is 1.26. The maximum atomic E-state index is 13.2. The molecule has 4 rings (SSSR count). The van der Waals surface area contributed by atoms with Crippen LogP contribution in [0, 0.1) is 0 Å². The summed E-state index contributed by atoms with van der Waals surface area (Å²) in [4.78, 5) is 13.1. The highest BCUT2D eigenvalue weighted by Gasteiger charge is 2.30. The van der Waals surface area contributed by atoms with Gasteiger partial charge in [-0.15, -0.1) is 0 Å². The second kappa shape index (κ2) is 9.20. The highest BCUT2D eigenvalue weighted by Crippen LogP contribution is 2.34. The molecular formula is C24H17ClF3N3O3S. The Labute approximate surface area is 203 Å². The molecule has 180 valence electrons. The molecule has 0 fully saturated rings. The van der Waals surface area contributed by atoms with Gasteiger partial charge in [-0.25, -0.2) is 8.42 Å². The van der Waals surface area contributed by atoms with Gasteiger partial charge in [0.05, 0.1) is 21.2 Å². The molecule has 2 N–H and O–H groups in total. The minimum Gasteiger partial charge on any atom is -0.322 e. The highest BCUT2D eigenvalue weighted by atomic mass is 35.5.